The highest BCUT2D eigenvalue weighted by Gasteiger charge is 2.42. The van der Waals surface area contributed by atoms with Gasteiger partial charge >= 0.3 is 12.0 Å². The molecule has 4 aliphatic heterocycles. The average molecular weight is 1060 g/mol. The maximum Gasteiger partial charge on any atom is 0.316 e. The molecule has 4 fully saturated rings. The number of halogens is 3. The van der Waals surface area contributed by atoms with Crippen molar-refractivity contribution >= 4 is 37.2 Å². The van der Waals surface area contributed by atoms with Crippen molar-refractivity contribution in [2.75, 3.05) is 30.6 Å². The molecular weight excluding hydrogens is 998 g/mol. The first-order chi connectivity index (χ1) is 35.0. The Morgan fingerprint density at radius 3 is 1.40 bits per heavy atom. The van der Waals surface area contributed by atoms with Crippen molar-refractivity contribution in [1.29, 1.82) is 0 Å². The minimum absolute atomic E-state index is 0.0550. The molecule has 0 radical (unpaired) electrons. The van der Waals surface area contributed by atoms with Crippen LogP contribution in [0, 0.1) is 23.5 Å². The van der Waals surface area contributed by atoms with Gasteiger partial charge in [0.2, 0.25) is 11.2 Å². The van der Waals surface area contributed by atoms with Gasteiger partial charge in [-0.15, -0.1) is 0 Å². The van der Waals surface area contributed by atoms with Gasteiger partial charge in [0, 0.05) is 109 Å². The molecule has 10 rings (SSSR count). The third kappa shape index (κ3) is 14.3. The number of piperidine rings is 2. The number of rotatable bonds is 15. The van der Waals surface area contributed by atoms with Crippen molar-refractivity contribution < 1.29 is 35.1 Å². The predicted molar refractivity (Wildman–Crippen MR) is 274 cm³/mol. The number of benzene rings is 2. The standard InChI is InChI=1S/C26H30FN5O3S.C19H22FN3O3S.C7H9ClN2/c1-3-4-17-12-28-25(29-13-17)32-20-5-6-21(32)10-18(9-20)16-35-26-30-14-19(15-31-26)23-8-7-22(11-24(23)27)36(2,33)34;1-27(24,25)16-4-5-17(18(20)8-16)13-9-21-19(22-10-13)26-11-12-6-14-2-3-15(7-12)23-14;1-2-3-6-4-9-7(8)10-5-6/h7-8,11-15,18,20-21H,3-6,9-10,16H2,1-2H3;4-5,8-10,12,14-15,23H,2-3,6-7,11H2,1H3;4-5H,2-3H2,1H3. The van der Waals surface area contributed by atoms with Crippen molar-refractivity contribution in [3.05, 3.63) is 114 Å². The van der Waals surface area contributed by atoms with E-state index < -0.39 is 31.3 Å². The summed E-state index contributed by atoms with van der Waals surface area (Å²) in [5.74, 6) is 0.467. The number of aryl methyl sites for hydroxylation is 2. The molecule has 21 heteroatoms. The molecule has 73 heavy (non-hydrogen) atoms. The number of aromatic nitrogens is 8. The Bertz CT molecular complexity index is 2990. The summed E-state index contributed by atoms with van der Waals surface area (Å²) in [6.45, 7) is 5.38. The van der Waals surface area contributed by atoms with Crippen LogP contribution >= 0.6 is 11.6 Å². The highest BCUT2D eigenvalue weighted by Crippen LogP contribution is 2.41. The lowest BCUT2D eigenvalue weighted by atomic mass is 9.91. The van der Waals surface area contributed by atoms with Gasteiger partial charge in [-0.2, -0.15) is 0 Å². The lowest BCUT2D eigenvalue weighted by Crippen LogP contribution is -2.45. The minimum Gasteiger partial charge on any atom is -0.463 e. The molecule has 0 spiro atoms. The molecule has 4 bridgehead atoms. The Morgan fingerprint density at radius 1 is 0.589 bits per heavy atom. The van der Waals surface area contributed by atoms with Crippen LogP contribution in [0.5, 0.6) is 12.0 Å². The zero-order valence-corrected chi connectivity index (χ0v) is 43.8. The third-order valence-electron chi connectivity index (χ3n) is 13.6. The summed E-state index contributed by atoms with van der Waals surface area (Å²) in [5.41, 5.74) is 3.74. The number of fused-ring (bicyclic) bond motifs is 4. The first-order valence-electron chi connectivity index (χ1n) is 24.7. The molecule has 388 valence electrons. The number of hydrogen-bond donors (Lipinski definition) is 1. The van der Waals surface area contributed by atoms with Gasteiger partial charge < -0.3 is 19.7 Å². The van der Waals surface area contributed by atoms with E-state index in [1.54, 1.807) is 12.4 Å². The van der Waals surface area contributed by atoms with Gasteiger partial charge in [0.15, 0.2) is 19.7 Å². The first-order valence-corrected chi connectivity index (χ1v) is 28.9. The van der Waals surface area contributed by atoms with Crippen molar-refractivity contribution in [2.45, 2.75) is 125 Å². The smallest absolute Gasteiger partial charge is 0.316 e. The van der Waals surface area contributed by atoms with Crippen molar-refractivity contribution in [3.8, 4) is 34.3 Å². The number of anilines is 1. The number of sulfone groups is 2. The lowest BCUT2D eigenvalue weighted by Gasteiger charge is -2.38. The highest BCUT2D eigenvalue weighted by molar-refractivity contribution is 7.91. The molecular formula is C52H61ClF2N10O6S2. The molecule has 8 heterocycles. The second-order valence-electron chi connectivity index (χ2n) is 19.3. The fourth-order valence-electron chi connectivity index (χ4n) is 10.1. The Hall–Kier alpha value is -5.83. The van der Waals surface area contributed by atoms with E-state index in [9.17, 15) is 25.6 Å². The van der Waals surface area contributed by atoms with Crippen molar-refractivity contribution in [2.24, 2.45) is 11.8 Å². The Morgan fingerprint density at radius 2 is 1.00 bits per heavy atom. The van der Waals surface area contributed by atoms with Gasteiger partial charge in [-0.25, -0.2) is 65.5 Å². The monoisotopic (exact) mass is 1060 g/mol. The molecule has 2 aromatic carbocycles. The molecule has 0 amide bonds. The largest absolute Gasteiger partial charge is 0.463 e. The van der Waals surface area contributed by atoms with Crippen molar-refractivity contribution in [3.63, 3.8) is 0 Å². The third-order valence-corrected chi connectivity index (χ3v) is 16.0. The first kappa shape index (κ1) is 53.5. The highest BCUT2D eigenvalue weighted by atomic mass is 35.5. The molecule has 4 aromatic heterocycles. The topological polar surface area (TPSA) is 205 Å². The van der Waals surface area contributed by atoms with E-state index in [-0.39, 0.29) is 32.9 Å². The fraction of sp³-hybridized carbons (Fsp3) is 0.462. The van der Waals surface area contributed by atoms with E-state index in [1.165, 1.54) is 67.5 Å². The number of ether oxygens (including phenoxy) is 2. The molecule has 4 atom stereocenters. The summed E-state index contributed by atoms with van der Waals surface area (Å²) in [6.07, 6.45) is 28.7. The zero-order valence-electron chi connectivity index (χ0n) is 41.4. The van der Waals surface area contributed by atoms with Gasteiger partial charge in [-0.1, -0.05) is 38.8 Å². The van der Waals surface area contributed by atoms with Crippen LogP contribution in [0.1, 0.15) is 89.2 Å². The molecule has 0 saturated carbocycles. The minimum atomic E-state index is -3.48. The fourth-order valence-corrected chi connectivity index (χ4v) is 11.4. The molecule has 6 aromatic rings. The van der Waals surface area contributed by atoms with Crippen LogP contribution in [-0.2, 0) is 32.5 Å². The normalized spacial score (nSPS) is 21.1. The molecule has 16 nitrogen and oxygen atoms in total. The summed E-state index contributed by atoms with van der Waals surface area (Å²) in [4.78, 5) is 36.1. The summed E-state index contributed by atoms with van der Waals surface area (Å²) in [5, 5.41) is 3.92. The summed E-state index contributed by atoms with van der Waals surface area (Å²) in [7, 11) is -6.93. The molecule has 0 aliphatic carbocycles. The Kier molecular flexibility index (Phi) is 17.6. The van der Waals surface area contributed by atoms with Crippen molar-refractivity contribution in [1.82, 2.24) is 45.2 Å². The average Bonchev–Trinajstić information content (AvgIpc) is 3.85. The molecule has 1 N–H and O–H groups in total. The number of nitrogens with zero attached hydrogens (tertiary/aromatic N) is 9. The molecule has 4 saturated heterocycles. The second kappa shape index (κ2) is 24.0. The van der Waals surface area contributed by atoms with Crippen LogP contribution < -0.4 is 19.7 Å². The van der Waals surface area contributed by atoms with Gasteiger partial charge in [0.25, 0.3) is 0 Å². The van der Waals surface area contributed by atoms with Crippen LogP contribution in [0.15, 0.2) is 95.8 Å². The summed E-state index contributed by atoms with van der Waals surface area (Å²) >= 11 is 5.49. The molecule has 4 unspecified atom stereocenters. The lowest BCUT2D eigenvalue weighted by molar-refractivity contribution is 0.180. The maximum absolute atomic E-state index is 14.5. The quantitative estimate of drug-likeness (QED) is 0.0953. The van der Waals surface area contributed by atoms with E-state index in [4.69, 9.17) is 21.1 Å². The maximum atomic E-state index is 14.5. The van der Waals surface area contributed by atoms with Crippen LogP contribution in [-0.4, -0.2) is 107 Å². The van der Waals surface area contributed by atoms with Crippen LogP contribution in [0.25, 0.3) is 22.3 Å². The van der Waals surface area contributed by atoms with E-state index >= 15 is 0 Å². The number of hydrogen-bond acceptors (Lipinski definition) is 16. The summed E-state index contributed by atoms with van der Waals surface area (Å²) in [6, 6.07) is 10.2. The Balaban J connectivity index is 0.000000168. The predicted octanol–water partition coefficient (Wildman–Crippen LogP) is 8.93. The van der Waals surface area contributed by atoms with Crippen LogP contribution in [0.3, 0.4) is 0 Å². The van der Waals surface area contributed by atoms with Gasteiger partial charge in [0.1, 0.15) is 11.6 Å². The van der Waals surface area contributed by atoms with Gasteiger partial charge in [-0.05, 0) is 123 Å². The SMILES string of the molecule is CCCc1cnc(Cl)nc1.CCCc1cnc(N2C3CCC2CC(COc2ncc(-c4ccc(S(C)(=O)=O)cc4F)cn2)C3)nc1.CS(=O)(=O)c1ccc(-c2cnc(OCC3CC4CCC(C3)N4)nc2)c(F)c1. The summed E-state index contributed by atoms with van der Waals surface area (Å²) < 4.78 is 86.7. The Labute approximate surface area is 431 Å². The second-order valence-corrected chi connectivity index (χ2v) is 23.7. The van der Waals surface area contributed by atoms with Gasteiger partial charge in [0.05, 0.1) is 23.0 Å². The van der Waals surface area contributed by atoms with Crippen LogP contribution in [0.2, 0.25) is 5.28 Å². The van der Waals surface area contributed by atoms with E-state index in [1.807, 2.05) is 12.4 Å². The molecule has 4 aliphatic rings. The van der Waals surface area contributed by atoms with E-state index in [2.05, 4.69) is 63.9 Å². The number of nitrogens with one attached hydrogen (secondary N) is 1. The van der Waals surface area contributed by atoms with Crippen LogP contribution in [0.4, 0.5) is 14.7 Å². The van der Waals surface area contributed by atoms with Gasteiger partial charge in [-0.3, -0.25) is 0 Å². The zero-order chi connectivity index (χ0) is 51.7. The van der Waals surface area contributed by atoms with E-state index in [0.29, 0.717) is 65.6 Å². The van der Waals surface area contributed by atoms with E-state index in [0.717, 1.165) is 100 Å².